The highest BCUT2D eigenvalue weighted by Gasteiger charge is 2.23. The molecule has 0 saturated carbocycles. The molecule has 330 valence electrons. The molecule has 4 aromatic rings. The van der Waals surface area contributed by atoms with Gasteiger partial charge in [-0.3, -0.25) is 29.2 Å². The number of rotatable bonds is 18. The number of aromatic nitrogens is 6. The zero-order valence-corrected chi connectivity index (χ0v) is 35.2. The first-order valence-electron chi connectivity index (χ1n) is 20.5. The molecule has 0 amide bonds. The summed E-state index contributed by atoms with van der Waals surface area (Å²) in [6.45, 7) is 22.1. The third-order valence-corrected chi connectivity index (χ3v) is 9.65. The van der Waals surface area contributed by atoms with E-state index in [1.165, 1.54) is 0 Å². The Morgan fingerprint density at radius 1 is 0.567 bits per heavy atom. The van der Waals surface area contributed by atoms with Gasteiger partial charge in [0.25, 0.3) is 0 Å². The maximum absolute atomic E-state index is 11.6. The fourth-order valence-corrected chi connectivity index (χ4v) is 6.71. The second-order valence-electron chi connectivity index (χ2n) is 13.8. The largest absolute Gasteiger partial charge is 0.473 e. The van der Waals surface area contributed by atoms with Crippen molar-refractivity contribution in [2.75, 3.05) is 105 Å². The van der Waals surface area contributed by atoms with Gasteiger partial charge in [0.1, 0.15) is 22.7 Å². The van der Waals surface area contributed by atoms with Crippen LogP contribution in [-0.4, -0.2) is 188 Å². The standard InChI is InChI=1S/2C19H29N5O3.C2H2O4/c2*1-3-26-13-12-24-17(21-16-6-5-7-20-19(16)24)14-22-8-10-23(11-9-22)15-18(25)27-4-2;3-1(4)2(5)6/h2*5-7H,3-4,8-15H2,1-2H3;(H,3,4)(H,5,6). The molecule has 0 bridgehead atoms. The van der Waals surface area contributed by atoms with Gasteiger partial charge in [0.15, 0.2) is 11.3 Å². The van der Waals surface area contributed by atoms with Gasteiger partial charge in [-0.1, -0.05) is 0 Å². The Hall–Kier alpha value is -5.12. The molecule has 6 rings (SSSR count). The van der Waals surface area contributed by atoms with Crippen LogP contribution in [0.4, 0.5) is 0 Å². The first-order valence-corrected chi connectivity index (χ1v) is 20.5. The minimum atomic E-state index is -1.82. The van der Waals surface area contributed by atoms with Gasteiger partial charge in [-0.05, 0) is 52.0 Å². The molecule has 4 aromatic heterocycles. The maximum Gasteiger partial charge on any atom is 0.414 e. The van der Waals surface area contributed by atoms with Crippen molar-refractivity contribution in [1.29, 1.82) is 0 Å². The van der Waals surface area contributed by atoms with Gasteiger partial charge in [0.2, 0.25) is 0 Å². The molecule has 2 fully saturated rings. The summed E-state index contributed by atoms with van der Waals surface area (Å²) in [4.78, 5) is 69.1. The number of nitrogens with zero attached hydrogens (tertiary/aromatic N) is 10. The van der Waals surface area contributed by atoms with Crippen LogP contribution in [0.5, 0.6) is 0 Å². The molecule has 20 nitrogen and oxygen atoms in total. The number of fused-ring (bicyclic) bond motifs is 2. The van der Waals surface area contributed by atoms with Crippen molar-refractivity contribution >= 4 is 46.2 Å². The Morgan fingerprint density at radius 2 is 0.933 bits per heavy atom. The second kappa shape index (κ2) is 25.5. The minimum absolute atomic E-state index is 0.144. The first kappa shape index (κ1) is 47.6. The average molecular weight is 841 g/mol. The van der Waals surface area contributed by atoms with Gasteiger partial charge in [0, 0.05) is 91.1 Å². The molecular formula is C40H60N10O10. The highest BCUT2D eigenvalue weighted by molar-refractivity contribution is 6.27. The molecule has 0 spiro atoms. The van der Waals surface area contributed by atoms with E-state index >= 15 is 0 Å². The number of carbonyl (C=O) groups is 4. The van der Waals surface area contributed by atoms with E-state index in [1.807, 2.05) is 52.0 Å². The van der Waals surface area contributed by atoms with Gasteiger partial charge in [0.05, 0.1) is 52.6 Å². The lowest BCUT2D eigenvalue weighted by molar-refractivity contribution is -0.159. The van der Waals surface area contributed by atoms with Crippen LogP contribution in [-0.2, 0) is 64.3 Å². The van der Waals surface area contributed by atoms with Crippen molar-refractivity contribution in [3.8, 4) is 0 Å². The van der Waals surface area contributed by atoms with E-state index in [2.05, 4.69) is 38.7 Å². The Bertz CT molecular complexity index is 1800. The van der Waals surface area contributed by atoms with Crippen LogP contribution >= 0.6 is 0 Å². The number of esters is 2. The number of carboxylic acids is 2. The van der Waals surface area contributed by atoms with Crippen molar-refractivity contribution in [2.24, 2.45) is 0 Å². The summed E-state index contributed by atoms with van der Waals surface area (Å²) in [6, 6.07) is 7.83. The number of piperazine rings is 2. The number of ether oxygens (including phenoxy) is 4. The summed E-state index contributed by atoms with van der Waals surface area (Å²) < 4.78 is 25.5. The quantitative estimate of drug-likeness (QED) is 0.0823. The van der Waals surface area contributed by atoms with Crippen molar-refractivity contribution in [3.05, 3.63) is 48.3 Å². The summed E-state index contributed by atoms with van der Waals surface area (Å²) in [5.74, 6) is -1.90. The topological polar surface area (TPSA) is 220 Å². The Balaban J connectivity index is 0.000000233. The monoisotopic (exact) mass is 840 g/mol. The van der Waals surface area contributed by atoms with Gasteiger partial charge in [-0.15, -0.1) is 0 Å². The SMILES string of the molecule is CCOCCn1c(CN2CCN(CC(=O)OCC)CC2)nc2cccnc21.CCOCCn1c(CN2CCN(CC(=O)OCC)CC2)nc2cccnc21.O=C(O)C(=O)O. The highest BCUT2D eigenvalue weighted by atomic mass is 16.5. The van der Waals surface area contributed by atoms with Crippen LogP contribution in [0, 0.1) is 0 Å². The van der Waals surface area contributed by atoms with E-state index in [4.69, 9.17) is 48.7 Å². The smallest absolute Gasteiger partial charge is 0.414 e. The highest BCUT2D eigenvalue weighted by Crippen LogP contribution is 2.18. The minimum Gasteiger partial charge on any atom is -0.473 e. The Kier molecular flexibility index (Phi) is 20.2. The molecule has 2 saturated heterocycles. The molecule has 2 aliphatic rings. The van der Waals surface area contributed by atoms with Crippen LogP contribution < -0.4 is 0 Å². The number of pyridine rings is 2. The normalized spacial score (nSPS) is 15.2. The summed E-state index contributed by atoms with van der Waals surface area (Å²) in [7, 11) is 0. The van der Waals surface area contributed by atoms with Crippen LogP contribution in [0.3, 0.4) is 0 Å². The van der Waals surface area contributed by atoms with E-state index in [9.17, 15) is 9.59 Å². The lowest BCUT2D eigenvalue weighted by atomic mass is 10.3. The van der Waals surface area contributed by atoms with E-state index in [0.29, 0.717) is 52.7 Å². The number of carboxylic acid groups (broad SMARTS) is 2. The summed E-state index contributed by atoms with van der Waals surface area (Å²) in [6.07, 6.45) is 3.61. The summed E-state index contributed by atoms with van der Waals surface area (Å²) in [5, 5.41) is 14.8. The van der Waals surface area contributed by atoms with Crippen LogP contribution in [0.1, 0.15) is 39.3 Å². The van der Waals surface area contributed by atoms with Crippen LogP contribution in [0.25, 0.3) is 22.3 Å². The van der Waals surface area contributed by atoms with Gasteiger partial charge in [-0.2, -0.15) is 0 Å². The van der Waals surface area contributed by atoms with Crippen molar-refractivity contribution in [2.45, 2.75) is 53.9 Å². The summed E-state index contributed by atoms with van der Waals surface area (Å²) >= 11 is 0. The fraction of sp³-hybridized carbons (Fsp3) is 0.600. The lowest BCUT2D eigenvalue weighted by Gasteiger charge is -2.33. The predicted molar refractivity (Wildman–Crippen MR) is 220 cm³/mol. The molecule has 0 atom stereocenters. The maximum atomic E-state index is 11.6. The van der Waals surface area contributed by atoms with E-state index in [1.54, 1.807) is 12.4 Å². The second-order valence-corrected chi connectivity index (χ2v) is 13.8. The van der Waals surface area contributed by atoms with Crippen LogP contribution in [0.2, 0.25) is 0 Å². The first-order chi connectivity index (χ1) is 29.1. The predicted octanol–water partition coefficient (Wildman–Crippen LogP) is 1.45. The Morgan fingerprint density at radius 3 is 1.27 bits per heavy atom. The zero-order valence-electron chi connectivity index (χ0n) is 35.2. The average Bonchev–Trinajstić information content (AvgIpc) is 3.76. The Labute approximate surface area is 350 Å². The third-order valence-electron chi connectivity index (χ3n) is 9.65. The molecule has 20 heteroatoms. The number of hydrogen-bond donors (Lipinski definition) is 2. The molecule has 2 N–H and O–H groups in total. The van der Waals surface area contributed by atoms with Crippen molar-refractivity contribution in [3.63, 3.8) is 0 Å². The van der Waals surface area contributed by atoms with Gasteiger partial charge in [-0.25, -0.2) is 29.5 Å². The van der Waals surface area contributed by atoms with E-state index in [0.717, 1.165) is 113 Å². The van der Waals surface area contributed by atoms with E-state index in [-0.39, 0.29) is 11.9 Å². The third kappa shape index (κ3) is 15.2. The molecule has 0 radical (unpaired) electrons. The zero-order chi connectivity index (χ0) is 43.3. The fourth-order valence-electron chi connectivity index (χ4n) is 6.71. The molecule has 0 aromatic carbocycles. The number of imidazole rings is 2. The molecule has 2 aliphatic heterocycles. The number of aliphatic carboxylic acids is 2. The van der Waals surface area contributed by atoms with Gasteiger partial charge >= 0.3 is 23.9 Å². The molecule has 0 aliphatic carbocycles. The van der Waals surface area contributed by atoms with Crippen LogP contribution in [0.15, 0.2) is 36.7 Å². The van der Waals surface area contributed by atoms with Crippen molar-refractivity contribution in [1.82, 2.24) is 48.7 Å². The van der Waals surface area contributed by atoms with Gasteiger partial charge < -0.3 is 38.3 Å². The number of carbonyl (C=O) groups excluding carboxylic acids is 2. The van der Waals surface area contributed by atoms with E-state index < -0.39 is 11.9 Å². The number of hydrogen-bond acceptors (Lipinski definition) is 16. The molecule has 0 unspecified atom stereocenters. The molecular weight excluding hydrogens is 780 g/mol. The molecule has 60 heavy (non-hydrogen) atoms. The summed E-state index contributed by atoms with van der Waals surface area (Å²) in [5.41, 5.74) is 3.66. The molecule has 6 heterocycles. The van der Waals surface area contributed by atoms with Crippen molar-refractivity contribution < 1.29 is 48.3 Å². The lowest BCUT2D eigenvalue weighted by Crippen LogP contribution is -2.47.